The molecule has 0 saturated heterocycles. The number of ether oxygens (including phenoxy) is 2. The minimum absolute atomic E-state index is 0.0674. The summed E-state index contributed by atoms with van der Waals surface area (Å²) < 4.78 is 39.9. The number of amides is 1. The van der Waals surface area contributed by atoms with Crippen LogP contribution in [-0.4, -0.2) is 31.1 Å². The van der Waals surface area contributed by atoms with Gasteiger partial charge in [0.15, 0.2) is 11.5 Å². The first-order valence-corrected chi connectivity index (χ1v) is 8.01. The fourth-order valence-corrected chi connectivity index (χ4v) is 2.96. The fourth-order valence-electron chi connectivity index (χ4n) is 2.96. The summed E-state index contributed by atoms with van der Waals surface area (Å²) >= 11 is 0. The van der Waals surface area contributed by atoms with Gasteiger partial charge in [0.1, 0.15) is 5.76 Å². The van der Waals surface area contributed by atoms with E-state index in [9.17, 15) is 13.6 Å². The quantitative estimate of drug-likeness (QED) is 0.828. The van der Waals surface area contributed by atoms with E-state index in [1.165, 1.54) is 19.2 Å². The Hall–Kier alpha value is -2.57. The number of methoxy groups -OCH3 is 1. The predicted octanol–water partition coefficient (Wildman–Crippen LogP) is 3.41. The van der Waals surface area contributed by atoms with Gasteiger partial charge < -0.3 is 18.8 Å². The summed E-state index contributed by atoms with van der Waals surface area (Å²) in [6, 6.07) is 6.50. The molecule has 0 aliphatic carbocycles. The number of carbonyl (C=O) groups is 1. The van der Waals surface area contributed by atoms with Crippen molar-refractivity contribution >= 4 is 5.91 Å². The molecule has 1 aromatic heterocycles. The molecule has 25 heavy (non-hydrogen) atoms. The van der Waals surface area contributed by atoms with Crippen molar-refractivity contribution in [1.82, 2.24) is 4.90 Å². The molecule has 0 N–H and O–H groups in total. The first-order valence-electron chi connectivity index (χ1n) is 8.01. The molecule has 2 aromatic rings. The number of alkyl halides is 2. The van der Waals surface area contributed by atoms with Gasteiger partial charge in [-0.3, -0.25) is 4.79 Å². The molecule has 0 spiro atoms. The SMILES string of the molecule is COc1ccc(CC(=O)N2CCCc3occc3C2)cc1OC(F)F. The molecule has 1 aliphatic rings. The van der Waals surface area contributed by atoms with Crippen LogP contribution in [0.1, 0.15) is 23.3 Å². The highest BCUT2D eigenvalue weighted by atomic mass is 19.3. The van der Waals surface area contributed by atoms with E-state index >= 15 is 0 Å². The van der Waals surface area contributed by atoms with Crippen LogP contribution in [0.2, 0.25) is 0 Å². The molecule has 7 heteroatoms. The second-order valence-corrected chi connectivity index (χ2v) is 5.83. The number of aryl methyl sites for hydroxylation is 1. The zero-order valence-electron chi connectivity index (χ0n) is 13.8. The first-order chi connectivity index (χ1) is 12.1. The molecule has 0 unspecified atom stereocenters. The second kappa shape index (κ2) is 7.55. The van der Waals surface area contributed by atoms with Crippen molar-refractivity contribution in [3.63, 3.8) is 0 Å². The maximum Gasteiger partial charge on any atom is 0.387 e. The van der Waals surface area contributed by atoms with Crippen LogP contribution < -0.4 is 9.47 Å². The average Bonchev–Trinajstić information content (AvgIpc) is 2.91. The average molecular weight is 351 g/mol. The lowest BCUT2D eigenvalue weighted by molar-refractivity contribution is -0.131. The molecule has 2 heterocycles. The summed E-state index contributed by atoms with van der Waals surface area (Å²) in [4.78, 5) is 14.4. The maximum absolute atomic E-state index is 12.6. The zero-order chi connectivity index (χ0) is 17.8. The third-order valence-corrected chi connectivity index (χ3v) is 4.18. The Bertz CT molecular complexity index is 744. The van der Waals surface area contributed by atoms with Gasteiger partial charge in [0, 0.05) is 25.1 Å². The summed E-state index contributed by atoms with van der Waals surface area (Å²) in [5.74, 6) is 0.986. The molecule has 1 amide bonds. The molecule has 0 saturated carbocycles. The normalized spacial score (nSPS) is 14.2. The van der Waals surface area contributed by atoms with Crippen LogP contribution in [0.5, 0.6) is 11.5 Å². The minimum atomic E-state index is -2.95. The van der Waals surface area contributed by atoms with Gasteiger partial charge in [-0.1, -0.05) is 6.07 Å². The third kappa shape index (κ3) is 4.10. The van der Waals surface area contributed by atoms with Gasteiger partial charge in [-0.15, -0.1) is 0 Å². The third-order valence-electron chi connectivity index (χ3n) is 4.18. The van der Waals surface area contributed by atoms with Gasteiger partial charge in [-0.05, 0) is 30.2 Å². The highest BCUT2D eigenvalue weighted by molar-refractivity contribution is 5.79. The van der Waals surface area contributed by atoms with Crippen LogP contribution in [0.25, 0.3) is 0 Å². The molecule has 134 valence electrons. The lowest BCUT2D eigenvalue weighted by Gasteiger charge is -2.20. The van der Waals surface area contributed by atoms with E-state index in [1.54, 1.807) is 17.2 Å². The Labute approximate surface area is 144 Å². The van der Waals surface area contributed by atoms with Gasteiger partial charge in [-0.2, -0.15) is 8.78 Å². The number of hydrogen-bond acceptors (Lipinski definition) is 4. The summed E-state index contributed by atoms with van der Waals surface area (Å²) in [7, 11) is 1.37. The molecular formula is C18H19F2NO4. The highest BCUT2D eigenvalue weighted by Gasteiger charge is 2.21. The number of halogens is 2. The van der Waals surface area contributed by atoms with Crippen LogP contribution >= 0.6 is 0 Å². The van der Waals surface area contributed by atoms with E-state index in [2.05, 4.69) is 4.74 Å². The second-order valence-electron chi connectivity index (χ2n) is 5.83. The molecule has 1 aromatic carbocycles. The van der Waals surface area contributed by atoms with Crippen molar-refractivity contribution in [2.45, 2.75) is 32.4 Å². The Morgan fingerprint density at radius 3 is 2.92 bits per heavy atom. The first kappa shape index (κ1) is 17.3. The van der Waals surface area contributed by atoms with E-state index in [0.717, 1.165) is 24.2 Å². The maximum atomic E-state index is 12.6. The van der Waals surface area contributed by atoms with Crippen LogP contribution in [0.3, 0.4) is 0 Å². The minimum Gasteiger partial charge on any atom is -0.493 e. The van der Waals surface area contributed by atoms with E-state index in [4.69, 9.17) is 9.15 Å². The molecule has 1 aliphatic heterocycles. The van der Waals surface area contributed by atoms with Crippen molar-refractivity contribution in [3.8, 4) is 11.5 Å². The molecule has 5 nitrogen and oxygen atoms in total. The van der Waals surface area contributed by atoms with E-state index in [-0.39, 0.29) is 23.8 Å². The summed E-state index contributed by atoms with van der Waals surface area (Å²) in [5, 5.41) is 0. The number of benzene rings is 1. The Balaban J connectivity index is 1.72. The summed E-state index contributed by atoms with van der Waals surface area (Å²) in [6.07, 6.45) is 3.38. The summed E-state index contributed by atoms with van der Waals surface area (Å²) in [6.45, 7) is -1.81. The van der Waals surface area contributed by atoms with Crippen LogP contribution in [0.15, 0.2) is 34.9 Å². The van der Waals surface area contributed by atoms with Crippen molar-refractivity contribution in [1.29, 1.82) is 0 Å². The Kier molecular flexibility index (Phi) is 5.21. The monoisotopic (exact) mass is 351 g/mol. The van der Waals surface area contributed by atoms with Crippen molar-refractivity contribution in [2.75, 3.05) is 13.7 Å². The lowest BCUT2D eigenvalue weighted by atomic mass is 10.1. The number of furan rings is 1. The van der Waals surface area contributed by atoms with Gasteiger partial charge in [0.05, 0.1) is 19.8 Å². The zero-order valence-corrected chi connectivity index (χ0v) is 13.8. The molecule has 3 rings (SSSR count). The van der Waals surface area contributed by atoms with Crippen molar-refractivity contribution in [3.05, 3.63) is 47.4 Å². The highest BCUT2D eigenvalue weighted by Crippen LogP contribution is 2.30. The van der Waals surface area contributed by atoms with E-state index < -0.39 is 6.61 Å². The predicted molar refractivity (Wildman–Crippen MR) is 85.8 cm³/mol. The van der Waals surface area contributed by atoms with Gasteiger partial charge >= 0.3 is 6.61 Å². The number of nitrogens with zero attached hydrogens (tertiary/aromatic N) is 1. The van der Waals surface area contributed by atoms with Crippen LogP contribution in [0, 0.1) is 0 Å². The smallest absolute Gasteiger partial charge is 0.387 e. The molecular weight excluding hydrogens is 332 g/mol. The van der Waals surface area contributed by atoms with Crippen molar-refractivity contribution in [2.24, 2.45) is 0 Å². The van der Waals surface area contributed by atoms with Crippen LogP contribution in [0.4, 0.5) is 8.78 Å². The topological polar surface area (TPSA) is 51.9 Å². The summed E-state index contributed by atoms with van der Waals surface area (Å²) in [5.41, 5.74) is 1.61. The van der Waals surface area contributed by atoms with E-state index in [1.807, 2.05) is 6.07 Å². The molecule has 0 atom stereocenters. The largest absolute Gasteiger partial charge is 0.493 e. The van der Waals surface area contributed by atoms with Crippen molar-refractivity contribution < 1.29 is 27.5 Å². The molecule has 0 radical (unpaired) electrons. The van der Waals surface area contributed by atoms with Gasteiger partial charge in [0.25, 0.3) is 0 Å². The molecule has 0 fully saturated rings. The number of hydrogen-bond donors (Lipinski definition) is 0. The Morgan fingerprint density at radius 1 is 1.32 bits per heavy atom. The molecule has 0 bridgehead atoms. The van der Waals surface area contributed by atoms with Gasteiger partial charge in [-0.25, -0.2) is 0 Å². The fraction of sp³-hybridized carbons (Fsp3) is 0.389. The number of carbonyl (C=O) groups excluding carboxylic acids is 1. The number of rotatable bonds is 5. The van der Waals surface area contributed by atoms with Gasteiger partial charge in [0.2, 0.25) is 5.91 Å². The number of fused-ring (bicyclic) bond motifs is 1. The van der Waals surface area contributed by atoms with Crippen LogP contribution in [-0.2, 0) is 24.2 Å². The lowest BCUT2D eigenvalue weighted by Crippen LogP contribution is -2.31. The van der Waals surface area contributed by atoms with E-state index in [0.29, 0.717) is 18.7 Å². The standard InChI is InChI=1S/C18H19F2NO4/c1-23-15-5-4-12(9-16(15)25-18(19)20)10-17(22)21-7-2-3-14-13(11-21)6-8-24-14/h4-6,8-9,18H,2-3,7,10-11H2,1H3. The Morgan fingerprint density at radius 2 is 2.16 bits per heavy atom.